The minimum Gasteiger partial charge on any atom is -0.488 e. The first-order valence-electron chi connectivity index (χ1n) is 13.7. The number of amides is 1. The Labute approximate surface area is 263 Å². The van der Waals surface area contributed by atoms with Crippen LogP contribution in [0, 0.1) is 11.3 Å². The van der Waals surface area contributed by atoms with Crippen LogP contribution in [0.2, 0.25) is 10.0 Å². The van der Waals surface area contributed by atoms with Crippen LogP contribution < -0.4 is 19.6 Å². The minimum absolute atomic E-state index is 0.159. The quantitative estimate of drug-likeness (QED) is 0.244. The van der Waals surface area contributed by atoms with Gasteiger partial charge in [-0.05, 0) is 80.4 Å². The molecule has 0 saturated carbocycles. The van der Waals surface area contributed by atoms with E-state index in [2.05, 4.69) is 6.07 Å². The van der Waals surface area contributed by atoms with E-state index in [0.29, 0.717) is 60.6 Å². The van der Waals surface area contributed by atoms with Gasteiger partial charge >= 0.3 is 0 Å². The third-order valence-corrected chi connectivity index (χ3v) is 8.69. The Hall–Kier alpha value is -4.16. The van der Waals surface area contributed by atoms with E-state index in [1.54, 1.807) is 58.0 Å². The molecule has 3 aromatic carbocycles. The molecule has 1 aliphatic rings. The molecule has 0 aliphatic carbocycles. The molecule has 2 heterocycles. The van der Waals surface area contributed by atoms with E-state index in [4.69, 9.17) is 38.2 Å². The van der Waals surface area contributed by atoms with Crippen molar-refractivity contribution < 1.29 is 9.53 Å². The molecule has 1 amide bonds. The second-order valence-corrected chi connectivity index (χ2v) is 11.8. The number of aromatic nitrogens is 1. The third-order valence-electron chi connectivity index (χ3n) is 7.22. The van der Waals surface area contributed by atoms with Gasteiger partial charge in [-0.15, -0.1) is 0 Å². The van der Waals surface area contributed by atoms with Gasteiger partial charge in [-0.2, -0.15) is 5.26 Å². The zero-order chi connectivity index (χ0) is 30.7. The van der Waals surface area contributed by atoms with Gasteiger partial charge in [-0.3, -0.25) is 14.2 Å². The smallest absolute Gasteiger partial charge is 0.271 e. The first-order chi connectivity index (χ1) is 20.7. The van der Waals surface area contributed by atoms with Crippen molar-refractivity contribution in [3.05, 3.63) is 130 Å². The predicted octanol–water partition coefficient (Wildman–Crippen LogP) is 5.86. The molecular formula is C33H28Cl2N4O3S. The van der Waals surface area contributed by atoms with Gasteiger partial charge in [0.15, 0.2) is 4.80 Å². The van der Waals surface area contributed by atoms with E-state index in [1.807, 2.05) is 45.0 Å². The monoisotopic (exact) mass is 630 g/mol. The maximum absolute atomic E-state index is 14.1. The second-order valence-electron chi connectivity index (χ2n) is 9.89. The molecule has 0 radical (unpaired) electrons. The lowest BCUT2D eigenvalue weighted by Gasteiger charge is -2.29. The highest BCUT2D eigenvalue weighted by Crippen LogP contribution is 2.32. The van der Waals surface area contributed by atoms with Crippen molar-refractivity contribution in [2.45, 2.75) is 33.4 Å². The summed E-state index contributed by atoms with van der Waals surface area (Å²) in [5.74, 6) is 0.385. The van der Waals surface area contributed by atoms with Crippen LogP contribution in [0.5, 0.6) is 5.75 Å². The Bertz CT molecular complexity index is 1930. The lowest BCUT2D eigenvalue weighted by Crippen LogP contribution is -2.43. The normalized spacial score (nSPS) is 14.6. The average Bonchev–Trinajstić information content (AvgIpc) is 3.31. The number of nitriles is 1. The molecule has 1 atom stereocenters. The van der Waals surface area contributed by atoms with Crippen molar-refractivity contribution in [2.75, 3.05) is 13.1 Å². The van der Waals surface area contributed by atoms with Gasteiger partial charge in [0.1, 0.15) is 12.4 Å². The van der Waals surface area contributed by atoms with Crippen LogP contribution >= 0.6 is 34.5 Å². The van der Waals surface area contributed by atoms with Crippen LogP contribution in [0.3, 0.4) is 0 Å². The molecular weight excluding hydrogens is 603 g/mol. The number of rotatable bonds is 8. The van der Waals surface area contributed by atoms with Crippen LogP contribution in [-0.4, -0.2) is 28.5 Å². The fourth-order valence-corrected chi connectivity index (χ4v) is 6.32. The Kier molecular flexibility index (Phi) is 9.16. The van der Waals surface area contributed by atoms with Crippen LogP contribution in [0.15, 0.2) is 87.8 Å². The van der Waals surface area contributed by atoms with Crippen molar-refractivity contribution in [3.63, 3.8) is 0 Å². The molecule has 0 N–H and O–H groups in total. The standard InChI is InChI=1S/C33H28Cl2N4O3S/c1-4-38(5-2)32(41)29-20(3)37-33-39(30(29)23-10-12-25(34)13-11-23)31(40)28(43-33)17-24-16-26(35)14-15-27(24)42-19-22-8-6-21(18-36)7-9-22/h6-17,30H,4-5,19H2,1-3H3/b28-17+/t30-/m0/s1. The maximum Gasteiger partial charge on any atom is 0.271 e. The predicted molar refractivity (Wildman–Crippen MR) is 170 cm³/mol. The zero-order valence-corrected chi connectivity index (χ0v) is 26.1. The first kappa shape index (κ1) is 30.3. The number of fused-ring (bicyclic) bond motifs is 1. The summed E-state index contributed by atoms with van der Waals surface area (Å²) in [5.41, 5.74) is 3.60. The van der Waals surface area contributed by atoms with Crippen LogP contribution in [0.1, 0.15) is 49.1 Å². The summed E-state index contributed by atoms with van der Waals surface area (Å²) in [6, 6.07) is 21.0. The van der Waals surface area contributed by atoms with Crippen LogP contribution in [-0.2, 0) is 11.4 Å². The maximum atomic E-state index is 14.1. The fourth-order valence-electron chi connectivity index (χ4n) is 4.98. The topological polar surface area (TPSA) is 87.7 Å². The molecule has 0 bridgehead atoms. The Morgan fingerprint density at radius 2 is 1.74 bits per heavy atom. The Morgan fingerprint density at radius 3 is 2.40 bits per heavy atom. The molecule has 1 aliphatic heterocycles. The van der Waals surface area contributed by atoms with Crippen LogP contribution in [0.25, 0.3) is 6.08 Å². The summed E-state index contributed by atoms with van der Waals surface area (Å²) >= 11 is 13.8. The molecule has 4 aromatic rings. The van der Waals surface area contributed by atoms with Gasteiger partial charge in [-0.1, -0.05) is 58.8 Å². The van der Waals surface area contributed by atoms with E-state index in [-0.39, 0.29) is 18.1 Å². The number of ether oxygens (including phenoxy) is 1. The summed E-state index contributed by atoms with van der Waals surface area (Å²) in [5, 5.41) is 10.1. The Balaban J connectivity index is 1.61. The Morgan fingerprint density at radius 1 is 1.07 bits per heavy atom. The summed E-state index contributed by atoms with van der Waals surface area (Å²) in [4.78, 5) is 34.8. The highest BCUT2D eigenvalue weighted by molar-refractivity contribution is 7.07. The number of hydrogen-bond donors (Lipinski definition) is 0. The van der Waals surface area contributed by atoms with Gasteiger partial charge in [0, 0.05) is 28.7 Å². The summed E-state index contributed by atoms with van der Waals surface area (Å²) in [6.07, 6.45) is 1.74. The second kappa shape index (κ2) is 13.0. The number of halogens is 2. The van der Waals surface area contributed by atoms with E-state index in [0.717, 1.165) is 11.1 Å². The number of nitrogens with zero attached hydrogens (tertiary/aromatic N) is 4. The molecule has 0 spiro atoms. The fraction of sp³-hybridized carbons (Fsp3) is 0.212. The lowest BCUT2D eigenvalue weighted by molar-refractivity contribution is -0.127. The molecule has 1 aromatic heterocycles. The average molecular weight is 632 g/mol. The van der Waals surface area contributed by atoms with E-state index in [1.165, 1.54) is 11.3 Å². The minimum atomic E-state index is -0.671. The van der Waals surface area contributed by atoms with Crippen molar-refractivity contribution in [1.82, 2.24) is 9.47 Å². The van der Waals surface area contributed by atoms with Crippen molar-refractivity contribution in [3.8, 4) is 11.8 Å². The number of carbonyl (C=O) groups excluding carboxylic acids is 1. The van der Waals surface area contributed by atoms with E-state index in [9.17, 15) is 9.59 Å². The number of benzene rings is 3. The lowest BCUT2D eigenvalue weighted by atomic mass is 9.94. The van der Waals surface area contributed by atoms with E-state index >= 15 is 0 Å². The molecule has 43 heavy (non-hydrogen) atoms. The summed E-state index contributed by atoms with van der Waals surface area (Å²) in [6.45, 7) is 6.99. The SMILES string of the molecule is CCN(CC)C(=O)C1=C(C)N=c2s/c(=C/c3cc(Cl)ccc3OCc3ccc(C#N)cc3)c(=O)n2[C@H]1c1ccc(Cl)cc1. The van der Waals surface area contributed by atoms with Gasteiger partial charge < -0.3 is 9.64 Å². The van der Waals surface area contributed by atoms with Gasteiger partial charge in [0.2, 0.25) is 0 Å². The zero-order valence-electron chi connectivity index (χ0n) is 23.8. The van der Waals surface area contributed by atoms with Gasteiger partial charge in [-0.25, -0.2) is 4.99 Å². The molecule has 10 heteroatoms. The largest absolute Gasteiger partial charge is 0.488 e. The summed E-state index contributed by atoms with van der Waals surface area (Å²) < 4.78 is 8.12. The highest BCUT2D eigenvalue weighted by atomic mass is 35.5. The third kappa shape index (κ3) is 6.30. The van der Waals surface area contributed by atoms with Crippen molar-refractivity contribution >= 4 is 46.5 Å². The molecule has 7 nitrogen and oxygen atoms in total. The van der Waals surface area contributed by atoms with Crippen LogP contribution in [0.4, 0.5) is 0 Å². The molecule has 218 valence electrons. The number of allylic oxidation sites excluding steroid dienone is 1. The first-order valence-corrected chi connectivity index (χ1v) is 15.3. The van der Waals surface area contributed by atoms with Gasteiger partial charge in [0.25, 0.3) is 11.5 Å². The highest BCUT2D eigenvalue weighted by Gasteiger charge is 2.34. The number of likely N-dealkylation sites (N-methyl/N-ethyl adjacent to an activating group) is 1. The molecule has 0 saturated heterocycles. The van der Waals surface area contributed by atoms with E-state index < -0.39 is 6.04 Å². The number of thiazole rings is 1. The molecule has 5 rings (SSSR count). The molecule has 0 unspecified atom stereocenters. The number of hydrogen-bond acceptors (Lipinski definition) is 6. The molecule has 0 fully saturated rings. The van der Waals surface area contributed by atoms with Gasteiger partial charge in [0.05, 0.1) is 33.5 Å². The summed E-state index contributed by atoms with van der Waals surface area (Å²) in [7, 11) is 0. The van der Waals surface area contributed by atoms with Crippen molar-refractivity contribution in [1.29, 1.82) is 5.26 Å². The van der Waals surface area contributed by atoms with Crippen molar-refractivity contribution in [2.24, 2.45) is 4.99 Å². The number of carbonyl (C=O) groups is 1.